The van der Waals surface area contributed by atoms with Crippen LogP contribution in [0.4, 0.5) is 16.3 Å². The van der Waals surface area contributed by atoms with Crippen LogP contribution in [0.25, 0.3) is 0 Å². The van der Waals surface area contributed by atoms with Crippen molar-refractivity contribution in [2.45, 2.75) is 32.0 Å². The van der Waals surface area contributed by atoms with Crippen molar-refractivity contribution in [2.24, 2.45) is 0 Å². The first-order chi connectivity index (χ1) is 13.4. The van der Waals surface area contributed by atoms with E-state index in [1.54, 1.807) is 6.20 Å². The summed E-state index contributed by atoms with van der Waals surface area (Å²) in [4.78, 5) is 20.7. The Kier molecular flexibility index (Phi) is 5.22. The van der Waals surface area contributed by atoms with Gasteiger partial charge in [-0.2, -0.15) is 0 Å². The first-order valence-electron chi connectivity index (χ1n) is 9.13. The van der Waals surface area contributed by atoms with E-state index in [9.17, 15) is 4.79 Å². The quantitative estimate of drug-likeness (QED) is 0.666. The highest BCUT2D eigenvalue weighted by Crippen LogP contribution is 2.45. The third-order valence-corrected chi connectivity index (χ3v) is 5.71. The molecule has 2 aromatic rings. The molecule has 0 radical (unpaired) electrons. The lowest BCUT2D eigenvalue weighted by Gasteiger charge is -2.24. The Morgan fingerprint density at radius 1 is 1.32 bits per heavy atom. The highest BCUT2D eigenvalue weighted by molar-refractivity contribution is 9.10. The number of nitrogens with one attached hydrogen (secondary N) is 3. The van der Waals surface area contributed by atoms with Gasteiger partial charge in [0.15, 0.2) is 5.82 Å². The van der Waals surface area contributed by atoms with Gasteiger partial charge in [-0.25, -0.2) is 9.78 Å². The van der Waals surface area contributed by atoms with Gasteiger partial charge in [-0.3, -0.25) is 10.3 Å². The average molecular weight is 448 g/mol. The zero-order valence-electron chi connectivity index (χ0n) is 15.7. The second-order valence-electron chi connectivity index (χ2n) is 7.12. The molecule has 1 aromatic carbocycles. The van der Waals surface area contributed by atoms with Crippen LogP contribution >= 0.6 is 15.9 Å². The maximum Gasteiger partial charge on any atom is 0.325 e. The normalized spacial score (nSPS) is 23.3. The van der Waals surface area contributed by atoms with Gasteiger partial charge < -0.3 is 20.1 Å². The van der Waals surface area contributed by atoms with E-state index in [-0.39, 0.29) is 11.7 Å². The molecule has 0 bridgehead atoms. The summed E-state index contributed by atoms with van der Waals surface area (Å²) in [6.07, 6.45) is 3.91. The summed E-state index contributed by atoms with van der Waals surface area (Å²) < 4.78 is 13.0. The van der Waals surface area contributed by atoms with Gasteiger partial charge in [-0.05, 0) is 31.5 Å². The average Bonchev–Trinajstić information content (AvgIpc) is 3.32. The molecule has 8 nitrogen and oxygen atoms in total. The summed E-state index contributed by atoms with van der Waals surface area (Å²) in [5.41, 5.74) is 2.11. The van der Waals surface area contributed by atoms with Crippen molar-refractivity contribution in [3.05, 3.63) is 40.3 Å². The number of amides is 2. The molecule has 2 heterocycles. The van der Waals surface area contributed by atoms with Gasteiger partial charge in [0.25, 0.3) is 0 Å². The molecule has 28 heavy (non-hydrogen) atoms. The number of aryl methyl sites for hydroxylation is 2. The molecule has 3 N–H and O–H groups in total. The Hall–Kier alpha value is -2.23. The Morgan fingerprint density at radius 2 is 2.18 bits per heavy atom. The number of hydrogen-bond acceptors (Lipinski definition) is 6. The minimum atomic E-state index is -0.417. The molecular weight excluding hydrogens is 426 g/mol. The maximum atomic E-state index is 12.4. The number of nitrogens with zero attached hydrogens (tertiary/aromatic N) is 2. The molecule has 1 spiro atoms. The van der Waals surface area contributed by atoms with E-state index in [0.29, 0.717) is 23.9 Å². The van der Waals surface area contributed by atoms with Crippen LogP contribution < -0.4 is 20.7 Å². The van der Waals surface area contributed by atoms with Crippen LogP contribution in [0.1, 0.15) is 17.7 Å². The lowest BCUT2D eigenvalue weighted by Crippen LogP contribution is -2.43. The summed E-state index contributed by atoms with van der Waals surface area (Å²) in [5.74, 6) is 0.987. The zero-order chi connectivity index (χ0) is 19.7. The van der Waals surface area contributed by atoms with Gasteiger partial charge >= 0.3 is 6.03 Å². The highest BCUT2D eigenvalue weighted by atomic mass is 79.9. The number of hydrogen-bond donors (Lipinski definition) is 3. The number of urea groups is 1. The van der Waals surface area contributed by atoms with Gasteiger partial charge in [0.1, 0.15) is 17.5 Å². The van der Waals surface area contributed by atoms with Gasteiger partial charge in [0, 0.05) is 24.0 Å². The molecule has 2 aliphatic rings. The fourth-order valence-corrected chi connectivity index (χ4v) is 3.49. The van der Waals surface area contributed by atoms with Crippen LogP contribution in [0.2, 0.25) is 0 Å². The molecular formula is C19H22BrN5O3. The van der Waals surface area contributed by atoms with Crippen molar-refractivity contribution in [1.82, 2.24) is 15.3 Å². The number of ether oxygens (including phenoxy) is 2. The minimum Gasteiger partial charge on any atom is -0.485 e. The predicted molar refractivity (Wildman–Crippen MR) is 109 cm³/mol. The minimum absolute atomic E-state index is 0.0348. The lowest BCUT2D eigenvalue weighted by molar-refractivity contribution is -0.0158. The number of halogens is 1. The van der Waals surface area contributed by atoms with Crippen LogP contribution in [-0.4, -0.2) is 47.4 Å². The van der Waals surface area contributed by atoms with Gasteiger partial charge in [-0.15, -0.1) is 0 Å². The van der Waals surface area contributed by atoms with E-state index >= 15 is 0 Å². The number of morpholine rings is 1. The molecule has 148 valence electrons. The molecule has 1 aliphatic carbocycles. The number of aromatic nitrogens is 2. The standard InChI is InChI=1S/C19H22BrN5O3/c1-11-5-15(28-16-7-19(16)10-21-3-4-27-19)14(6-13(11)20)24-18(26)25-17-9-22-12(2)8-23-17/h5-6,8-9,16,21H,3-4,7,10H2,1-2H3,(H2,23,24,25,26). The topological polar surface area (TPSA) is 97.4 Å². The van der Waals surface area contributed by atoms with Gasteiger partial charge in [0.2, 0.25) is 0 Å². The fourth-order valence-electron chi connectivity index (χ4n) is 3.15. The Bertz CT molecular complexity index is 884. The lowest BCUT2D eigenvalue weighted by atomic mass is 10.2. The van der Waals surface area contributed by atoms with E-state index in [4.69, 9.17) is 9.47 Å². The number of rotatable bonds is 4. The monoisotopic (exact) mass is 447 g/mol. The van der Waals surface area contributed by atoms with E-state index in [2.05, 4.69) is 41.8 Å². The number of carbonyl (C=O) groups is 1. The number of carbonyl (C=O) groups excluding carboxylic acids is 1. The van der Waals surface area contributed by atoms with Crippen molar-refractivity contribution in [1.29, 1.82) is 0 Å². The summed E-state index contributed by atoms with van der Waals surface area (Å²) in [7, 11) is 0. The molecule has 2 atom stereocenters. The molecule has 2 unspecified atom stereocenters. The van der Waals surface area contributed by atoms with Crippen LogP contribution in [-0.2, 0) is 4.74 Å². The molecule has 1 aromatic heterocycles. The van der Waals surface area contributed by atoms with Crippen LogP contribution in [0.3, 0.4) is 0 Å². The molecule has 1 saturated heterocycles. The van der Waals surface area contributed by atoms with Crippen LogP contribution in [0.5, 0.6) is 5.75 Å². The van der Waals surface area contributed by atoms with Crippen molar-refractivity contribution < 1.29 is 14.3 Å². The van der Waals surface area contributed by atoms with Crippen molar-refractivity contribution in [3.63, 3.8) is 0 Å². The summed E-state index contributed by atoms with van der Waals surface area (Å²) >= 11 is 3.51. The second-order valence-corrected chi connectivity index (χ2v) is 7.97. The Balaban J connectivity index is 1.47. The van der Waals surface area contributed by atoms with Crippen LogP contribution in [0.15, 0.2) is 29.0 Å². The predicted octanol–water partition coefficient (Wildman–Crippen LogP) is 3.01. The fraction of sp³-hybridized carbons (Fsp3) is 0.421. The molecule has 2 amide bonds. The zero-order valence-corrected chi connectivity index (χ0v) is 17.3. The Morgan fingerprint density at radius 3 is 2.89 bits per heavy atom. The molecule has 2 fully saturated rings. The second kappa shape index (κ2) is 7.65. The number of benzene rings is 1. The van der Waals surface area contributed by atoms with E-state index in [0.717, 1.165) is 35.2 Å². The van der Waals surface area contributed by atoms with Crippen molar-refractivity contribution in [2.75, 3.05) is 30.3 Å². The summed E-state index contributed by atoms with van der Waals surface area (Å²) in [6, 6.07) is 3.33. The molecule has 1 saturated carbocycles. The van der Waals surface area contributed by atoms with E-state index in [1.807, 2.05) is 26.0 Å². The first kappa shape index (κ1) is 19.1. The molecule has 1 aliphatic heterocycles. The van der Waals surface area contributed by atoms with Crippen molar-refractivity contribution in [3.8, 4) is 5.75 Å². The molecule has 4 rings (SSSR count). The first-order valence-corrected chi connectivity index (χ1v) is 9.93. The third kappa shape index (κ3) is 4.11. The molecule has 9 heteroatoms. The highest BCUT2D eigenvalue weighted by Gasteiger charge is 2.59. The maximum absolute atomic E-state index is 12.4. The smallest absolute Gasteiger partial charge is 0.325 e. The van der Waals surface area contributed by atoms with Gasteiger partial charge in [-0.1, -0.05) is 15.9 Å². The van der Waals surface area contributed by atoms with E-state index in [1.165, 1.54) is 6.20 Å². The van der Waals surface area contributed by atoms with Crippen molar-refractivity contribution >= 4 is 33.5 Å². The van der Waals surface area contributed by atoms with Gasteiger partial charge in [0.05, 0.1) is 30.4 Å². The number of anilines is 2. The van der Waals surface area contributed by atoms with Crippen LogP contribution in [0, 0.1) is 13.8 Å². The largest absolute Gasteiger partial charge is 0.485 e. The van der Waals surface area contributed by atoms with E-state index < -0.39 is 6.03 Å². The Labute approximate surface area is 171 Å². The summed E-state index contributed by atoms with van der Waals surface area (Å²) in [5, 5.41) is 8.86. The SMILES string of the molecule is Cc1cnc(NC(=O)Nc2cc(Br)c(C)cc2OC2CC23CNCCO3)cn1. The summed E-state index contributed by atoms with van der Waals surface area (Å²) in [6.45, 7) is 6.14. The third-order valence-electron chi connectivity index (χ3n) is 4.85.